The number of nitrogens with zero attached hydrogens (tertiary/aromatic N) is 1. The Bertz CT molecular complexity index is 490. The minimum Gasteiger partial charge on any atom is -0.483 e. The summed E-state index contributed by atoms with van der Waals surface area (Å²) in [5.74, 6) is -0.0433. The van der Waals surface area contributed by atoms with E-state index in [4.69, 9.17) is 20.4 Å². The topological polar surface area (TPSA) is 92.9 Å². The van der Waals surface area contributed by atoms with Crippen LogP contribution in [0.4, 0.5) is 0 Å². The second-order valence-electron chi connectivity index (χ2n) is 5.73. The molecule has 22 heavy (non-hydrogen) atoms. The van der Waals surface area contributed by atoms with E-state index < -0.39 is 11.8 Å². The minimum atomic E-state index is -0.565. The smallest absolute Gasteiger partial charge is 0.290 e. The largest absolute Gasteiger partial charge is 0.483 e. The van der Waals surface area contributed by atoms with Gasteiger partial charge in [0.1, 0.15) is 5.72 Å². The van der Waals surface area contributed by atoms with Crippen molar-refractivity contribution in [3.63, 3.8) is 0 Å². The number of ether oxygens (including phenoxy) is 1. The Morgan fingerprint density at radius 2 is 2.05 bits per heavy atom. The van der Waals surface area contributed by atoms with Gasteiger partial charge in [0.25, 0.3) is 6.47 Å². The molecule has 1 aliphatic heterocycles. The number of hydrogen-bond donors (Lipinski definition) is 2. The van der Waals surface area contributed by atoms with E-state index in [0.29, 0.717) is 13.0 Å². The van der Waals surface area contributed by atoms with Crippen LogP contribution in [-0.4, -0.2) is 46.8 Å². The normalized spacial score (nSPS) is 20.7. The number of rotatable bonds is 3. The molecule has 0 aliphatic carbocycles. The third-order valence-corrected chi connectivity index (χ3v) is 3.46. The molecule has 122 valence electrons. The molecule has 6 heteroatoms. The third-order valence-electron chi connectivity index (χ3n) is 3.46. The molecule has 2 atom stereocenters. The SMILES string of the molecule is CC1CN(C(=O)[C@@H](N)Cc2ccccc2)C(C)(C)O1.O=CO. The summed E-state index contributed by atoms with van der Waals surface area (Å²) in [6, 6.07) is 9.32. The quantitative estimate of drug-likeness (QED) is 0.820. The number of hydrogen-bond acceptors (Lipinski definition) is 4. The molecule has 0 saturated carbocycles. The number of carbonyl (C=O) groups excluding carboxylic acids is 1. The predicted octanol–water partition coefficient (Wildman–Crippen LogP) is 1.24. The molecule has 2 rings (SSSR count). The van der Waals surface area contributed by atoms with Crippen molar-refractivity contribution in [2.45, 2.75) is 45.1 Å². The van der Waals surface area contributed by atoms with E-state index in [9.17, 15) is 4.79 Å². The molecule has 1 aliphatic rings. The van der Waals surface area contributed by atoms with E-state index in [-0.39, 0.29) is 18.5 Å². The lowest BCUT2D eigenvalue weighted by Crippen LogP contribution is -2.51. The van der Waals surface area contributed by atoms with Gasteiger partial charge in [0.2, 0.25) is 5.91 Å². The maximum absolute atomic E-state index is 12.4. The first kappa shape index (κ1) is 18.1. The highest BCUT2D eigenvalue weighted by molar-refractivity contribution is 5.82. The molecule has 6 nitrogen and oxygen atoms in total. The molecule has 1 saturated heterocycles. The van der Waals surface area contributed by atoms with E-state index in [1.165, 1.54) is 0 Å². The maximum atomic E-state index is 12.4. The van der Waals surface area contributed by atoms with E-state index in [1.807, 2.05) is 51.1 Å². The van der Waals surface area contributed by atoms with Crippen molar-refractivity contribution in [2.24, 2.45) is 5.73 Å². The zero-order valence-corrected chi connectivity index (χ0v) is 13.2. The molecule has 0 spiro atoms. The van der Waals surface area contributed by atoms with Crippen LogP contribution in [0, 0.1) is 0 Å². The van der Waals surface area contributed by atoms with E-state index in [0.717, 1.165) is 5.56 Å². The Hall–Kier alpha value is -1.92. The Labute approximate surface area is 130 Å². The number of carbonyl (C=O) groups is 2. The summed E-state index contributed by atoms with van der Waals surface area (Å²) in [7, 11) is 0. The van der Waals surface area contributed by atoms with Gasteiger partial charge in [0, 0.05) is 6.54 Å². The summed E-state index contributed by atoms with van der Waals surface area (Å²) >= 11 is 0. The summed E-state index contributed by atoms with van der Waals surface area (Å²) < 4.78 is 5.73. The second kappa shape index (κ2) is 7.91. The van der Waals surface area contributed by atoms with Gasteiger partial charge in [-0.15, -0.1) is 0 Å². The van der Waals surface area contributed by atoms with Crippen LogP contribution in [0.15, 0.2) is 30.3 Å². The fourth-order valence-electron chi connectivity index (χ4n) is 2.58. The standard InChI is InChI=1S/C15H22N2O2.CH2O2/c1-11-10-17(15(2,3)19-11)14(18)13(16)9-12-7-5-4-6-8-12;2-1-3/h4-8,11,13H,9-10,16H2,1-3H3;1H,(H,2,3)/t11?,13-;/m0./s1. The Morgan fingerprint density at radius 3 is 2.50 bits per heavy atom. The highest BCUT2D eigenvalue weighted by Crippen LogP contribution is 2.27. The lowest BCUT2D eigenvalue weighted by atomic mass is 10.0. The molecule has 1 heterocycles. The van der Waals surface area contributed by atoms with Crippen molar-refractivity contribution < 1.29 is 19.4 Å². The van der Waals surface area contributed by atoms with Crippen LogP contribution in [0.2, 0.25) is 0 Å². The van der Waals surface area contributed by atoms with Crippen molar-refractivity contribution in [2.75, 3.05) is 6.54 Å². The van der Waals surface area contributed by atoms with E-state index >= 15 is 0 Å². The predicted molar refractivity (Wildman–Crippen MR) is 83.2 cm³/mol. The molecule has 1 unspecified atom stereocenters. The van der Waals surface area contributed by atoms with Gasteiger partial charge in [-0.25, -0.2) is 0 Å². The maximum Gasteiger partial charge on any atom is 0.290 e. The summed E-state index contributed by atoms with van der Waals surface area (Å²) in [6.45, 7) is 6.14. The average Bonchev–Trinajstić information content (AvgIpc) is 2.72. The number of amides is 1. The van der Waals surface area contributed by atoms with Gasteiger partial charge < -0.3 is 20.5 Å². The number of nitrogens with two attached hydrogens (primary N) is 1. The Kier molecular flexibility index (Phi) is 6.52. The summed E-state index contributed by atoms with van der Waals surface area (Å²) in [4.78, 5) is 22.5. The zero-order valence-electron chi connectivity index (χ0n) is 13.2. The summed E-state index contributed by atoms with van der Waals surface area (Å²) in [6.07, 6.45) is 0.614. The van der Waals surface area contributed by atoms with Gasteiger partial charge >= 0.3 is 0 Å². The summed E-state index contributed by atoms with van der Waals surface area (Å²) in [5.41, 5.74) is 6.56. The first-order valence-corrected chi connectivity index (χ1v) is 7.18. The molecular weight excluding hydrogens is 284 g/mol. The van der Waals surface area contributed by atoms with Crippen molar-refractivity contribution in [1.29, 1.82) is 0 Å². The van der Waals surface area contributed by atoms with Crippen LogP contribution in [0.25, 0.3) is 0 Å². The molecular formula is C16H24N2O4. The number of benzene rings is 1. The minimum absolute atomic E-state index is 0.0433. The van der Waals surface area contributed by atoms with Crippen molar-refractivity contribution in [1.82, 2.24) is 4.90 Å². The van der Waals surface area contributed by atoms with Crippen LogP contribution in [0.1, 0.15) is 26.3 Å². The van der Waals surface area contributed by atoms with Gasteiger partial charge in [-0.05, 0) is 32.8 Å². The van der Waals surface area contributed by atoms with Gasteiger partial charge in [-0.2, -0.15) is 0 Å². The molecule has 1 aromatic rings. The van der Waals surface area contributed by atoms with Crippen LogP contribution in [0.3, 0.4) is 0 Å². The van der Waals surface area contributed by atoms with E-state index in [1.54, 1.807) is 4.90 Å². The molecule has 0 radical (unpaired) electrons. The van der Waals surface area contributed by atoms with Gasteiger partial charge in [0.05, 0.1) is 12.1 Å². The highest BCUT2D eigenvalue weighted by atomic mass is 16.5. The monoisotopic (exact) mass is 308 g/mol. The van der Waals surface area contributed by atoms with Crippen LogP contribution in [-0.2, 0) is 20.7 Å². The Balaban J connectivity index is 0.000000745. The summed E-state index contributed by atoms with van der Waals surface area (Å²) in [5, 5.41) is 6.89. The molecule has 0 aromatic heterocycles. The van der Waals surface area contributed by atoms with Gasteiger partial charge in [-0.1, -0.05) is 30.3 Å². The van der Waals surface area contributed by atoms with Crippen LogP contribution in [0.5, 0.6) is 0 Å². The van der Waals surface area contributed by atoms with Gasteiger partial charge in [-0.3, -0.25) is 9.59 Å². The second-order valence-corrected chi connectivity index (χ2v) is 5.73. The molecule has 1 amide bonds. The van der Waals surface area contributed by atoms with Crippen molar-refractivity contribution in [3.8, 4) is 0 Å². The Morgan fingerprint density at radius 1 is 1.50 bits per heavy atom. The van der Waals surface area contributed by atoms with Crippen molar-refractivity contribution in [3.05, 3.63) is 35.9 Å². The average molecular weight is 308 g/mol. The first-order chi connectivity index (χ1) is 10.3. The zero-order chi connectivity index (χ0) is 16.8. The fourth-order valence-corrected chi connectivity index (χ4v) is 2.58. The van der Waals surface area contributed by atoms with E-state index in [2.05, 4.69) is 0 Å². The lowest BCUT2D eigenvalue weighted by molar-refractivity contribution is -0.146. The number of carboxylic acid groups (broad SMARTS) is 1. The van der Waals surface area contributed by atoms with Crippen molar-refractivity contribution >= 4 is 12.4 Å². The third kappa shape index (κ3) is 4.82. The molecule has 1 aromatic carbocycles. The van der Waals surface area contributed by atoms with Gasteiger partial charge in [0.15, 0.2) is 0 Å². The molecule has 3 N–H and O–H groups in total. The van der Waals surface area contributed by atoms with Crippen LogP contribution < -0.4 is 5.73 Å². The fraction of sp³-hybridized carbons (Fsp3) is 0.500. The molecule has 1 fully saturated rings. The highest BCUT2D eigenvalue weighted by Gasteiger charge is 2.41. The first-order valence-electron chi connectivity index (χ1n) is 7.18. The molecule has 0 bridgehead atoms. The lowest BCUT2D eigenvalue weighted by Gasteiger charge is -2.31. The van der Waals surface area contributed by atoms with Crippen LogP contribution >= 0.6 is 0 Å².